The van der Waals surface area contributed by atoms with Crippen LogP contribution in [0.25, 0.3) is 22.3 Å². The molecule has 0 unspecified atom stereocenters. The molecule has 0 bridgehead atoms. The number of halogens is 5. The number of amides is 2. The van der Waals surface area contributed by atoms with Gasteiger partial charge in [-0.2, -0.15) is 23.7 Å². The highest BCUT2D eigenvalue weighted by atomic mass is 32.2. The quantitative estimate of drug-likeness (QED) is 0.0492. The monoisotopic (exact) mass is 1100 g/mol. The van der Waals surface area contributed by atoms with E-state index in [1.54, 1.807) is 66.3 Å². The highest BCUT2D eigenvalue weighted by Gasteiger charge is 2.31. The fourth-order valence-electron chi connectivity index (χ4n) is 7.24. The first-order chi connectivity index (χ1) is 35.9. The molecule has 6 aromatic rings. The lowest BCUT2D eigenvalue weighted by Crippen LogP contribution is -2.31. The summed E-state index contributed by atoms with van der Waals surface area (Å²) in [5.41, 5.74) is -0.743. The van der Waals surface area contributed by atoms with Crippen molar-refractivity contribution in [3.63, 3.8) is 0 Å². The van der Waals surface area contributed by atoms with Crippen LogP contribution >= 0.6 is 23.5 Å². The summed E-state index contributed by atoms with van der Waals surface area (Å²) in [5.74, 6) is -1.07. The maximum Gasteiger partial charge on any atom is 0.416 e. The SMILES string of the molecule is CC(C)(O)C#N.CC(C)(O)C#N.CSc1ccc(CNC(=O)c2cn(C(C)C)c(C)c(-c3cccc(C(F)(F)F)c3)c2=O)cc1.CSc1ccc(CNC(=O)c2cn(C(C)C)c(C)c(-c3cccc(C(F)F)c3)c2=O)cc1. The average molecular weight is 1100 g/mol. The zero-order chi connectivity index (χ0) is 58.2. The number of alkyl halides is 5. The third kappa shape index (κ3) is 19.2. The van der Waals surface area contributed by atoms with Gasteiger partial charge in [-0.3, -0.25) is 19.2 Å². The molecule has 2 aromatic heterocycles. The topological polar surface area (TPSA) is 190 Å². The first-order valence-corrected chi connectivity index (χ1v) is 26.5. The number of thioether (sulfide) groups is 2. The van der Waals surface area contributed by atoms with Gasteiger partial charge in [-0.05, 0) is 146 Å². The predicted molar refractivity (Wildman–Crippen MR) is 295 cm³/mol. The predicted octanol–water partition coefficient (Wildman–Crippen LogP) is 12.6. The van der Waals surface area contributed by atoms with Crippen LogP contribution in [0.4, 0.5) is 22.0 Å². The van der Waals surface area contributed by atoms with Gasteiger partial charge in [0.25, 0.3) is 18.2 Å². The maximum absolute atomic E-state index is 13.3. The molecule has 0 spiro atoms. The largest absolute Gasteiger partial charge is 0.416 e. The van der Waals surface area contributed by atoms with Crippen molar-refractivity contribution in [1.29, 1.82) is 10.5 Å². The zero-order valence-electron chi connectivity index (χ0n) is 45.1. The molecule has 0 aliphatic carbocycles. The van der Waals surface area contributed by atoms with Crippen molar-refractivity contribution < 1.29 is 41.8 Å². The number of nitrogens with one attached hydrogen (secondary N) is 2. The normalized spacial score (nSPS) is 11.3. The van der Waals surface area contributed by atoms with E-state index in [4.69, 9.17) is 20.7 Å². The summed E-state index contributed by atoms with van der Waals surface area (Å²) in [5, 5.41) is 38.3. The number of hydrogen-bond acceptors (Lipinski definition) is 10. The number of carbonyl (C=O) groups is 2. The van der Waals surface area contributed by atoms with Crippen molar-refractivity contribution in [1.82, 2.24) is 19.8 Å². The Kier molecular flexibility index (Phi) is 23.7. The van der Waals surface area contributed by atoms with Crippen LogP contribution in [-0.4, -0.2) is 54.9 Å². The molecule has 0 saturated carbocycles. The third-order valence-corrected chi connectivity index (χ3v) is 12.7. The van der Waals surface area contributed by atoms with E-state index in [-0.39, 0.29) is 58.6 Å². The smallest absolute Gasteiger partial charge is 0.376 e. The number of aromatic nitrogens is 2. The lowest BCUT2D eigenvalue weighted by Gasteiger charge is -2.20. The Morgan fingerprint density at radius 1 is 0.623 bits per heavy atom. The van der Waals surface area contributed by atoms with Gasteiger partial charge in [-0.1, -0.05) is 54.6 Å². The Labute approximate surface area is 455 Å². The van der Waals surface area contributed by atoms with Gasteiger partial charge in [0, 0.05) is 75.4 Å². The number of carbonyl (C=O) groups excluding carboxylic acids is 2. The molecule has 410 valence electrons. The molecule has 0 atom stereocenters. The zero-order valence-corrected chi connectivity index (χ0v) is 46.7. The van der Waals surface area contributed by atoms with Crippen molar-refractivity contribution in [2.24, 2.45) is 0 Å². The van der Waals surface area contributed by atoms with E-state index >= 15 is 0 Å². The van der Waals surface area contributed by atoms with Crippen LogP contribution in [0.3, 0.4) is 0 Å². The van der Waals surface area contributed by atoms with Gasteiger partial charge in [0.1, 0.15) is 22.3 Å². The van der Waals surface area contributed by atoms with Crippen LogP contribution in [0.2, 0.25) is 0 Å². The van der Waals surface area contributed by atoms with Crippen LogP contribution in [0.1, 0.15) is 128 Å². The van der Waals surface area contributed by atoms with Crippen molar-refractivity contribution in [3.05, 3.63) is 175 Å². The van der Waals surface area contributed by atoms with Gasteiger partial charge >= 0.3 is 6.18 Å². The minimum absolute atomic E-state index is 0.0116. The molecule has 4 N–H and O–H groups in total. The second-order valence-corrected chi connectivity index (χ2v) is 20.8. The summed E-state index contributed by atoms with van der Waals surface area (Å²) in [6, 6.07) is 29.0. The van der Waals surface area contributed by atoms with E-state index in [1.165, 1.54) is 64.2 Å². The minimum Gasteiger partial charge on any atom is -0.376 e. The Morgan fingerprint density at radius 3 is 1.29 bits per heavy atom. The Hall–Kier alpha value is -7.03. The number of hydrogen-bond donors (Lipinski definition) is 4. The van der Waals surface area contributed by atoms with Crippen molar-refractivity contribution in [2.45, 2.75) is 128 Å². The molecule has 2 heterocycles. The number of pyridine rings is 2. The second-order valence-electron chi connectivity index (χ2n) is 19.1. The van der Waals surface area contributed by atoms with Gasteiger partial charge in [-0.25, -0.2) is 8.78 Å². The van der Waals surface area contributed by atoms with Gasteiger partial charge < -0.3 is 30.0 Å². The van der Waals surface area contributed by atoms with E-state index in [0.29, 0.717) is 17.0 Å². The van der Waals surface area contributed by atoms with E-state index in [0.717, 1.165) is 33.1 Å². The molecule has 77 heavy (non-hydrogen) atoms. The molecular weight excluding hydrogens is 1040 g/mol. The van der Waals surface area contributed by atoms with Gasteiger partial charge in [0.2, 0.25) is 10.9 Å². The molecule has 0 saturated heterocycles. The van der Waals surface area contributed by atoms with Crippen LogP contribution in [0.5, 0.6) is 0 Å². The Bertz CT molecular complexity index is 3160. The summed E-state index contributed by atoms with van der Waals surface area (Å²) in [4.78, 5) is 54.7. The standard InChI is InChI=1S/C25H25F3N2O2S.C25H26F2N2O2S.2C4H7NO/c1-15(2)30-14-21(24(32)29-13-17-8-10-20(33-4)11-9-17)23(31)22(16(30)3)18-6-5-7-19(12-18)25(26,27)28;1-15(2)29-14-21(25(31)28-13-17-8-10-20(32-4)11-9-17)23(30)22(16(29)3)18-6-5-7-19(12-18)24(26)27;2*1-4(2,6)3-5/h5-12,14-15H,13H2,1-4H3,(H,29,32);5-12,14-15,24H,13H2,1-4H3,(H,28,31);2*6H,1-2H3. The van der Waals surface area contributed by atoms with Crippen LogP contribution < -0.4 is 21.5 Å². The first-order valence-electron chi connectivity index (χ1n) is 24.0. The number of rotatable bonds is 13. The minimum atomic E-state index is -4.54. The average Bonchev–Trinajstić information content (AvgIpc) is 3.37. The molecule has 0 fully saturated rings. The highest BCUT2D eigenvalue weighted by Crippen LogP contribution is 2.33. The summed E-state index contributed by atoms with van der Waals surface area (Å²) in [6.07, 6.45) is -0.201. The van der Waals surface area contributed by atoms with E-state index in [9.17, 15) is 41.1 Å². The molecule has 0 aliphatic heterocycles. The molecule has 2 amide bonds. The number of benzene rings is 4. The second kappa shape index (κ2) is 28.4. The van der Waals surface area contributed by atoms with Gasteiger partial charge in [0.05, 0.1) is 17.7 Å². The molecule has 0 radical (unpaired) electrons. The molecule has 0 aliphatic rings. The Morgan fingerprint density at radius 2 is 0.974 bits per heavy atom. The van der Waals surface area contributed by atoms with E-state index in [2.05, 4.69) is 10.6 Å². The van der Waals surface area contributed by atoms with Gasteiger partial charge in [0.15, 0.2) is 0 Å². The highest BCUT2D eigenvalue weighted by molar-refractivity contribution is 7.98. The first kappa shape index (κ1) is 64.3. The molecule has 19 heteroatoms. The van der Waals surface area contributed by atoms with E-state index < -0.39 is 52.0 Å². The van der Waals surface area contributed by atoms with Crippen LogP contribution in [-0.2, 0) is 19.3 Å². The molecule has 12 nitrogen and oxygen atoms in total. The number of nitriles is 2. The molecular formula is C58H65F5N6O6S2. The van der Waals surface area contributed by atoms with Crippen LogP contribution in [0.15, 0.2) is 129 Å². The van der Waals surface area contributed by atoms with Gasteiger partial charge in [-0.15, -0.1) is 23.5 Å². The lowest BCUT2D eigenvalue weighted by atomic mass is 9.98. The van der Waals surface area contributed by atoms with Crippen molar-refractivity contribution >= 4 is 35.3 Å². The third-order valence-electron chi connectivity index (χ3n) is 11.3. The summed E-state index contributed by atoms with van der Waals surface area (Å²) >= 11 is 3.24. The van der Waals surface area contributed by atoms with Crippen molar-refractivity contribution in [2.75, 3.05) is 12.5 Å². The number of aliphatic hydroxyl groups is 2. The maximum atomic E-state index is 13.3. The molecule has 4 aromatic carbocycles. The molecule has 6 rings (SSSR count). The fraction of sp³-hybridized carbons (Fsp3) is 0.345. The van der Waals surface area contributed by atoms with Crippen LogP contribution in [0, 0.1) is 36.5 Å². The van der Waals surface area contributed by atoms with E-state index in [1.807, 2.05) is 93.3 Å². The summed E-state index contributed by atoms with van der Waals surface area (Å²) < 4.78 is 69.8. The fourth-order valence-corrected chi connectivity index (χ4v) is 8.06. The number of nitrogens with zero attached hydrogens (tertiary/aromatic N) is 4. The lowest BCUT2D eigenvalue weighted by molar-refractivity contribution is -0.137. The summed E-state index contributed by atoms with van der Waals surface area (Å²) in [6.45, 7) is 17.3. The Balaban J connectivity index is 0.000000334. The van der Waals surface area contributed by atoms with Crippen molar-refractivity contribution in [3.8, 4) is 34.4 Å². The summed E-state index contributed by atoms with van der Waals surface area (Å²) in [7, 11) is 0.